The van der Waals surface area contributed by atoms with Crippen LogP contribution in [-0.2, 0) is 4.74 Å². The van der Waals surface area contributed by atoms with Crippen molar-refractivity contribution < 1.29 is 4.74 Å². The van der Waals surface area contributed by atoms with Crippen molar-refractivity contribution in [3.05, 3.63) is 0 Å². The van der Waals surface area contributed by atoms with Gasteiger partial charge < -0.3 is 20.7 Å². The lowest BCUT2D eigenvalue weighted by Gasteiger charge is -2.28. The van der Waals surface area contributed by atoms with Gasteiger partial charge in [0, 0.05) is 32.8 Å². The molecule has 0 saturated carbocycles. The number of rotatable bonds is 8. The minimum Gasteiger partial charge on any atom is -0.379 e. The second kappa shape index (κ2) is 7.17. The molecule has 15 heavy (non-hydrogen) atoms. The van der Waals surface area contributed by atoms with Gasteiger partial charge in [-0.25, -0.2) is 0 Å². The molecule has 0 aromatic rings. The van der Waals surface area contributed by atoms with Gasteiger partial charge in [-0.3, -0.25) is 0 Å². The topological polar surface area (TPSA) is 50.5 Å². The maximum absolute atomic E-state index is 5.72. The Morgan fingerprint density at radius 2 is 2.00 bits per heavy atom. The summed E-state index contributed by atoms with van der Waals surface area (Å²) in [5, 5.41) is 3.44. The van der Waals surface area contributed by atoms with E-state index in [0.717, 1.165) is 19.5 Å². The predicted octanol–water partition coefficient (Wildman–Crippen LogP) is 0.280. The Morgan fingerprint density at radius 1 is 1.40 bits per heavy atom. The van der Waals surface area contributed by atoms with E-state index in [1.54, 1.807) is 7.11 Å². The van der Waals surface area contributed by atoms with Crippen LogP contribution in [0.15, 0.2) is 0 Å². The molecule has 4 nitrogen and oxygen atoms in total. The maximum Gasteiger partial charge on any atom is 0.0638 e. The highest BCUT2D eigenvalue weighted by Gasteiger charge is 2.21. The van der Waals surface area contributed by atoms with Gasteiger partial charge in [0.1, 0.15) is 0 Å². The number of ether oxygens (including phenoxy) is 1. The molecule has 0 heterocycles. The third-order valence-electron chi connectivity index (χ3n) is 2.57. The number of methoxy groups -OCH3 is 1. The Kier molecular flexibility index (Phi) is 7.09. The largest absolute Gasteiger partial charge is 0.379 e. The molecule has 0 rings (SSSR count). The third-order valence-corrected chi connectivity index (χ3v) is 2.57. The first-order chi connectivity index (χ1) is 6.91. The summed E-state index contributed by atoms with van der Waals surface area (Å²) in [6.07, 6.45) is 0.938. The van der Waals surface area contributed by atoms with Crippen LogP contribution in [0.5, 0.6) is 0 Å². The molecule has 92 valence electrons. The van der Waals surface area contributed by atoms with Crippen LogP contribution in [0.2, 0.25) is 0 Å². The second-order valence-corrected chi connectivity index (χ2v) is 4.86. The molecule has 0 amide bonds. The van der Waals surface area contributed by atoms with Crippen LogP contribution in [0.3, 0.4) is 0 Å². The zero-order chi connectivity index (χ0) is 11.9. The first-order valence-corrected chi connectivity index (χ1v) is 5.54. The summed E-state index contributed by atoms with van der Waals surface area (Å²) in [5.74, 6) is 0. The lowest BCUT2D eigenvalue weighted by molar-refractivity contribution is 0.00773. The molecule has 3 N–H and O–H groups in total. The fourth-order valence-electron chi connectivity index (χ4n) is 1.41. The van der Waals surface area contributed by atoms with E-state index < -0.39 is 0 Å². The highest BCUT2D eigenvalue weighted by molar-refractivity contribution is 4.79. The van der Waals surface area contributed by atoms with Gasteiger partial charge in [-0.15, -0.1) is 0 Å². The predicted molar refractivity (Wildman–Crippen MR) is 65.1 cm³/mol. The number of hydrogen-bond donors (Lipinski definition) is 2. The second-order valence-electron chi connectivity index (χ2n) is 4.86. The van der Waals surface area contributed by atoms with Crippen molar-refractivity contribution >= 4 is 0 Å². The number of nitrogens with two attached hydrogens (primary N) is 1. The number of hydrogen-bond acceptors (Lipinski definition) is 4. The summed E-state index contributed by atoms with van der Waals surface area (Å²) >= 11 is 0. The van der Waals surface area contributed by atoms with Crippen molar-refractivity contribution in [1.29, 1.82) is 0 Å². The Balaban J connectivity index is 3.82. The molecule has 0 aromatic heterocycles. The van der Waals surface area contributed by atoms with Gasteiger partial charge in [-0.1, -0.05) is 0 Å². The summed E-state index contributed by atoms with van der Waals surface area (Å²) in [5.41, 5.74) is 5.62. The van der Waals surface area contributed by atoms with Crippen LogP contribution in [0.4, 0.5) is 0 Å². The zero-order valence-electron chi connectivity index (χ0n) is 10.8. The van der Waals surface area contributed by atoms with Crippen LogP contribution >= 0.6 is 0 Å². The minimum absolute atomic E-state index is 0.102. The molecule has 0 bridgehead atoms. The molecule has 0 radical (unpaired) electrons. The Bertz CT molecular complexity index is 160. The van der Waals surface area contributed by atoms with E-state index in [4.69, 9.17) is 10.5 Å². The van der Waals surface area contributed by atoms with Crippen molar-refractivity contribution in [3.63, 3.8) is 0 Å². The number of nitrogens with one attached hydrogen (secondary N) is 1. The Morgan fingerprint density at radius 3 is 2.40 bits per heavy atom. The SMILES string of the molecule is COC(C)(C)CC(CN)NCCN(C)C. The highest BCUT2D eigenvalue weighted by atomic mass is 16.5. The van der Waals surface area contributed by atoms with Gasteiger partial charge in [-0.2, -0.15) is 0 Å². The fourth-order valence-corrected chi connectivity index (χ4v) is 1.41. The minimum atomic E-state index is -0.102. The standard InChI is InChI=1S/C11H27N3O/c1-11(2,15-5)8-10(9-12)13-6-7-14(3)4/h10,13H,6-9,12H2,1-5H3. The summed E-state index contributed by atoms with van der Waals surface area (Å²) in [6.45, 7) is 6.82. The van der Waals surface area contributed by atoms with Gasteiger partial charge >= 0.3 is 0 Å². The van der Waals surface area contributed by atoms with Crippen molar-refractivity contribution in [2.45, 2.75) is 31.9 Å². The molecule has 0 aliphatic heterocycles. The van der Waals surface area contributed by atoms with E-state index in [-0.39, 0.29) is 5.60 Å². The van der Waals surface area contributed by atoms with E-state index in [1.165, 1.54) is 0 Å². The van der Waals surface area contributed by atoms with E-state index in [9.17, 15) is 0 Å². The average molecular weight is 217 g/mol. The summed E-state index contributed by atoms with van der Waals surface area (Å²) < 4.78 is 5.39. The smallest absolute Gasteiger partial charge is 0.0638 e. The molecule has 0 saturated heterocycles. The molecule has 0 aliphatic carbocycles. The fraction of sp³-hybridized carbons (Fsp3) is 1.00. The van der Waals surface area contributed by atoms with Crippen LogP contribution in [0.25, 0.3) is 0 Å². The molecular weight excluding hydrogens is 190 g/mol. The van der Waals surface area contributed by atoms with Crippen LogP contribution in [0, 0.1) is 0 Å². The van der Waals surface area contributed by atoms with E-state index in [2.05, 4.69) is 38.2 Å². The summed E-state index contributed by atoms with van der Waals surface area (Å²) in [4.78, 5) is 2.15. The summed E-state index contributed by atoms with van der Waals surface area (Å²) in [7, 11) is 5.88. The van der Waals surface area contributed by atoms with Gasteiger partial charge in [0.25, 0.3) is 0 Å². The molecule has 0 aromatic carbocycles. The third kappa shape index (κ3) is 7.73. The quantitative estimate of drug-likeness (QED) is 0.613. The highest BCUT2D eigenvalue weighted by Crippen LogP contribution is 2.14. The maximum atomic E-state index is 5.72. The van der Waals surface area contributed by atoms with Gasteiger partial charge in [0.15, 0.2) is 0 Å². The Labute approximate surface area is 94.2 Å². The van der Waals surface area contributed by atoms with E-state index in [1.807, 2.05) is 0 Å². The monoisotopic (exact) mass is 217 g/mol. The van der Waals surface area contributed by atoms with Gasteiger partial charge in [-0.05, 0) is 34.4 Å². The van der Waals surface area contributed by atoms with Crippen molar-refractivity contribution in [2.24, 2.45) is 5.73 Å². The molecule has 0 aliphatic rings. The first kappa shape index (κ1) is 14.8. The van der Waals surface area contributed by atoms with Crippen LogP contribution < -0.4 is 11.1 Å². The molecule has 0 spiro atoms. The molecular formula is C11H27N3O. The average Bonchev–Trinajstić information content (AvgIpc) is 2.15. The molecule has 0 fully saturated rings. The van der Waals surface area contributed by atoms with Crippen molar-refractivity contribution in [1.82, 2.24) is 10.2 Å². The number of nitrogens with zero attached hydrogens (tertiary/aromatic N) is 1. The van der Waals surface area contributed by atoms with Gasteiger partial charge in [0.2, 0.25) is 0 Å². The molecule has 4 heteroatoms. The van der Waals surface area contributed by atoms with Crippen LogP contribution in [-0.4, -0.2) is 57.4 Å². The zero-order valence-corrected chi connectivity index (χ0v) is 10.8. The van der Waals surface area contributed by atoms with Crippen molar-refractivity contribution in [3.8, 4) is 0 Å². The number of likely N-dealkylation sites (N-methyl/N-ethyl adjacent to an activating group) is 1. The Hall–Kier alpha value is -0.160. The normalized spacial score (nSPS) is 14.6. The lowest BCUT2D eigenvalue weighted by atomic mass is 9.99. The molecule has 1 unspecified atom stereocenters. The lowest BCUT2D eigenvalue weighted by Crippen LogP contribution is -2.44. The molecule has 1 atom stereocenters. The summed E-state index contributed by atoms with van der Waals surface area (Å²) in [6, 6.07) is 0.333. The van der Waals surface area contributed by atoms with E-state index >= 15 is 0 Å². The van der Waals surface area contributed by atoms with E-state index in [0.29, 0.717) is 12.6 Å². The first-order valence-electron chi connectivity index (χ1n) is 5.54. The van der Waals surface area contributed by atoms with Crippen LogP contribution in [0.1, 0.15) is 20.3 Å². The van der Waals surface area contributed by atoms with Gasteiger partial charge in [0.05, 0.1) is 5.60 Å². The van der Waals surface area contributed by atoms with Crippen molar-refractivity contribution in [2.75, 3.05) is 40.8 Å².